The fraction of sp³-hybridized carbons (Fsp3) is 0.600. The third-order valence-corrected chi connectivity index (χ3v) is 7.37. The molecule has 1 aromatic rings. The Bertz CT molecular complexity index is 1130. The van der Waals surface area contributed by atoms with E-state index >= 15 is 0 Å². The van der Waals surface area contributed by atoms with Crippen molar-refractivity contribution in [1.82, 2.24) is 26.0 Å². The van der Waals surface area contributed by atoms with Gasteiger partial charge in [-0.15, -0.1) is 0 Å². The summed E-state index contributed by atoms with van der Waals surface area (Å²) in [6.07, 6.45) is 4.13. The van der Waals surface area contributed by atoms with Crippen molar-refractivity contribution >= 4 is 29.9 Å². The number of aryl methyl sites for hydroxylation is 1. The Morgan fingerprint density at radius 1 is 1.15 bits per heavy atom. The van der Waals surface area contributed by atoms with Crippen LogP contribution in [-0.2, 0) is 25.5 Å². The number of hydrogen-bond donors (Lipinski definition) is 3. The molecule has 40 heavy (non-hydrogen) atoms. The standard InChI is InChI=1S/C30H45N5O5/c1-9-20-12-13-21-14-15-24(22(21)17-20)34(8)28(38)23-11-10-16-35(33-23)27(37)19(4)31-26(36)25(18(2)3)32-29(39)40-30(5,6)7/h9,12-13,17-19,23-25,33H,1,10-11,14-16H2,2-8H3,(H,31,36)(H,32,39)/t19-,23-,24+,25?/m0/s1. The van der Waals surface area contributed by atoms with Crippen molar-refractivity contribution in [2.45, 2.75) is 97.0 Å². The average molecular weight is 556 g/mol. The molecule has 3 rings (SSSR count). The van der Waals surface area contributed by atoms with Crippen LogP contribution in [0, 0.1) is 5.92 Å². The molecule has 1 fully saturated rings. The molecule has 220 valence electrons. The molecule has 0 spiro atoms. The zero-order valence-electron chi connectivity index (χ0n) is 24.9. The van der Waals surface area contributed by atoms with Crippen molar-refractivity contribution in [2.75, 3.05) is 13.6 Å². The van der Waals surface area contributed by atoms with E-state index in [0.717, 1.165) is 24.0 Å². The van der Waals surface area contributed by atoms with Crippen LogP contribution >= 0.6 is 0 Å². The third-order valence-electron chi connectivity index (χ3n) is 7.37. The van der Waals surface area contributed by atoms with Crippen molar-refractivity contribution in [3.8, 4) is 0 Å². The second-order valence-electron chi connectivity index (χ2n) is 12.1. The number of benzene rings is 1. The first-order valence-corrected chi connectivity index (χ1v) is 14.1. The number of rotatable bonds is 8. The van der Waals surface area contributed by atoms with Gasteiger partial charge in [0, 0.05) is 13.6 Å². The van der Waals surface area contributed by atoms with E-state index in [1.54, 1.807) is 52.5 Å². The molecule has 10 nitrogen and oxygen atoms in total. The Morgan fingerprint density at radius 3 is 2.48 bits per heavy atom. The van der Waals surface area contributed by atoms with Crippen LogP contribution in [0.25, 0.3) is 6.08 Å². The van der Waals surface area contributed by atoms with E-state index in [-0.39, 0.29) is 23.8 Å². The summed E-state index contributed by atoms with van der Waals surface area (Å²) in [4.78, 5) is 53.8. The van der Waals surface area contributed by atoms with E-state index < -0.39 is 35.7 Å². The van der Waals surface area contributed by atoms with Crippen LogP contribution in [0.3, 0.4) is 0 Å². The number of nitrogens with zero attached hydrogens (tertiary/aromatic N) is 2. The van der Waals surface area contributed by atoms with Gasteiger partial charge in [0.15, 0.2) is 0 Å². The SMILES string of the molecule is C=Cc1ccc2c(c1)[C@H](N(C)C(=O)[C@@H]1CCCN(C(=O)[C@H](C)NC(=O)C(NC(=O)OC(C)(C)C)C(C)C)N1)CC2. The molecule has 0 bridgehead atoms. The van der Waals surface area contributed by atoms with Crippen molar-refractivity contribution < 1.29 is 23.9 Å². The second-order valence-corrected chi connectivity index (χ2v) is 12.1. The highest BCUT2D eigenvalue weighted by Crippen LogP contribution is 2.36. The fourth-order valence-corrected chi connectivity index (χ4v) is 5.22. The topological polar surface area (TPSA) is 120 Å². The van der Waals surface area contributed by atoms with Crippen LogP contribution in [0.15, 0.2) is 24.8 Å². The van der Waals surface area contributed by atoms with E-state index in [2.05, 4.69) is 34.8 Å². The summed E-state index contributed by atoms with van der Waals surface area (Å²) >= 11 is 0. The van der Waals surface area contributed by atoms with Gasteiger partial charge in [-0.25, -0.2) is 10.2 Å². The molecule has 4 atom stereocenters. The number of amides is 4. The molecule has 1 aromatic carbocycles. The van der Waals surface area contributed by atoms with E-state index in [9.17, 15) is 19.2 Å². The van der Waals surface area contributed by atoms with Gasteiger partial charge in [-0.05, 0) is 82.1 Å². The molecule has 2 aliphatic rings. The summed E-state index contributed by atoms with van der Waals surface area (Å²) in [5.74, 6) is -1.14. The van der Waals surface area contributed by atoms with Gasteiger partial charge in [-0.2, -0.15) is 0 Å². The Hall–Kier alpha value is -3.40. The summed E-state index contributed by atoms with van der Waals surface area (Å²) in [6, 6.07) is 3.92. The van der Waals surface area contributed by atoms with Gasteiger partial charge >= 0.3 is 6.09 Å². The summed E-state index contributed by atoms with van der Waals surface area (Å²) < 4.78 is 5.28. The molecule has 0 saturated carbocycles. The maximum Gasteiger partial charge on any atom is 0.408 e. The lowest BCUT2D eigenvalue weighted by Gasteiger charge is -2.37. The minimum Gasteiger partial charge on any atom is -0.444 e. The first-order valence-electron chi connectivity index (χ1n) is 14.1. The monoisotopic (exact) mass is 555 g/mol. The molecule has 4 amide bonds. The normalized spacial score (nSPS) is 20.2. The number of hydrazine groups is 1. The predicted octanol–water partition coefficient (Wildman–Crippen LogP) is 3.32. The molecule has 3 N–H and O–H groups in total. The second kappa shape index (κ2) is 12.8. The van der Waals surface area contributed by atoms with Crippen LogP contribution in [0.5, 0.6) is 0 Å². The van der Waals surface area contributed by atoms with Crippen LogP contribution in [-0.4, -0.2) is 71.0 Å². The van der Waals surface area contributed by atoms with Crippen LogP contribution in [0.2, 0.25) is 0 Å². The molecule has 10 heteroatoms. The summed E-state index contributed by atoms with van der Waals surface area (Å²) in [5, 5.41) is 6.74. The van der Waals surface area contributed by atoms with Gasteiger partial charge in [0.05, 0.1) is 6.04 Å². The van der Waals surface area contributed by atoms with Gasteiger partial charge in [0.1, 0.15) is 23.7 Å². The highest BCUT2D eigenvalue weighted by atomic mass is 16.6. The molecular formula is C30H45N5O5. The number of carbonyl (C=O) groups is 4. The van der Waals surface area contributed by atoms with E-state index in [1.165, 1.54) is 10.6 Å². The van der Waals surface area contributed by atoms with Gasteiger partial charge < -0.3 is 20.3 Å². The minimum absolute atomic E-state index is 0.0288. The maximum atomic E-state index is 13.5. The number of carbonyl (C=O) groups excluding carboxylic acids is 4. The Labute approximate surface area is 237 Å². The number of fused-ring (bicyclic) bond motifs is 1. The quantitative estimate of drug-likeness (QED) is 0.453. The zero-order chi connectivity index (χ0) is 29.8. The van der Waals surface area contributed by atoms with Crippen molar-refractivity contribution in [3.63, 3.8) is 0 Å². The molecule has 0 aromatic heterocycles. The lowest BCUT2D eigenvalue weighted by Crippen LogP contribution is -2.62. The molecule has 0 radical (unpaired) electrons. The maximum absolute atomic E-state index is 13.5. The van der Waals surface area contributed by atoms with Gasteiger partial charge in [0.25, 0.3) is 5.91 Å². The Balaban J connectivity index is 1.61. The molecule has 1 heterocycles. The lowest BCUT2D eigenvalue weighted by molar-refractivity contribution is -0.146. The van der Waals surface area contributed by atoms with E-state index in [1.807, 2.05) is 13.1 Å². The number of nitrogens with one attached hydrogen (secondary N) is 3. The van der Waals surface area contributed by atoms with Crippen LogP contribution < -0.4 is 16.1 Å². The van der Waals surface area contributed by atoms with Gasteiger partial charge in [-0.1, -0.05) is 38.6 Å². The van der Waals surface area contributed by atoms with Crippen LogP contribution in [0.4, 0.5) is 4.79 Å². The smallest absolute Gasteiger partial charge is 0.408 e. The first-order chi connectivity index (χ1) is 18.7. The highest BCUT2D eigenvalue weighted by molar-refractivity contribution is 5.91. The molecule has 1 unspecified atom stereocenters. The number of hydrogen-bond acceptors (Lipinski definition) is 6. The van der Waals surface area contributed by atoms with E-state index in [4.69, 9.17) is 4.74 Å². The summed E-state index contributed by atoms with van der Waals surface area (Å²) in [6.45, 7) is 14.7. The predicted molar refractivity (Wildman–Crippen MR) is 154 cm³/mol. The highest BCUT2D eigenvalue weighted by Gasteiger charge is 2.36. The lowest BCUT2D eigenvalue weighted by atomic mass is 10.0. The Morgan fingerprint density at radius 2 is 1.85 bits per heavy atom. The van der Waals surface area contributed by atoms with E-state index in [0.29, 0.717) is 19.4 Å². The number of alkyl carbamates (subject to hydrolysis) is 1. The molecule has 1 saturated heterocycles. The largest absolute Gasteiger partial charge is 0.444 e. The first kappa shape index (κ1) is 31.1. The zero-order valence-corrected chi connectivity index (χ0v) is 24.9. The number of ether oxygens (including phenoxy) is 1. The Kier molecular flexibility index (Phi) is 10.00. The third kappa shape index (κ3) is 7.62. The van der Waals surface area contributed by atoms with Crippen molar-refractivity contribution in [3.05, 3.63) is 41.5 Å². The minimum atomic E-state index is -0.877. The molecule has 1 aliphatic carbocycles. The molecular weight excluding hydrogens is 510 g/mol. The van der Waals surface area contributed by atoms with Crippen LogP contribution in [0.1, 0.15) is 83.5 Å². The fourth-order valence-electron chi connectivity index (χ4n) is 5.22. The van der Waals surface area contributed by atoms with Gasteiger partial charge in [-0.3, -0.25) is 19.4 Å². The average Bonchev–Trinajstić information content (AvgIpc) is 3.32. The summed E-state index contributed by atoms with van der Waals surface area (Å²) in [5.41, 5.74) is 5.81. The number of likely N-dealkylation sites (N-methyl/N-ethyl adjacent to an activating group) is 1. The molecule has 1 aliphatic heterocycles. The van der Waals surface area contributed by atoms with Crippen molar-refractivity contribution in [1.29, 1.82) is 0 Å². The van der Waals surface area contributed by atoms with Gasteiger partial charge in [0.2, 0.25) is 11.8 Å². The summed E-state index contributed by atoms with van der Waals surface area (Å²) in [7, 11) is 1.82. The van der Waals surface area contributed by atoms with Crippen molar-refractivity contribution in [2.24, 2.45) is 5.92 Å².